The molecule has 16 heteroatoms. The van der Waals surface area contributed by atoms with Crippen LogP contribution in [0.15, 0.2) is 0 Å². The summed E-state index contributed by atoms with van der Waals surface area (Å²) in [7, 11) is -12.2. The van der Waals surface area contributed by atoms with Gasteiger partial charge in [0, 0.05) is 0 Å². The maximum atomic E-state index is 10.7. The molecule has 0 aromatic carbocycles. The Balaban J connectivity index is -0.0000000980. The Kier molecular flexibility index (Phi) is 11.1. The second-order valence-electron chi connectivity index (χ2n) is 1.80. The molecule has 0 heterocycles. The molecule has 0 aromatic heterocycles. The Labute approximate surface area is 108 Å². The van der Waals surface area contributed by atoms with Gasteiger partial charge in [-0.15, -0.1) is 0 Å². The van der Waals surface area contributed by atoms with Crippen molar-refractivity contribution in [3.8, 4) is 0 Å². The predicted molar refractivity (Wildman–Crippen MR) is 32.2 cm³/mol. The van der Waals surface area contributed by atoms with E-state index < -0.39 is 31.3 Å². The van der Waals surface area contributed by atoms with E-state index in [0.29, 0.717) is 0 Å². The van der Waals surface area contributed by atoms with Gasteiger partial charge < -0.3 is 14.6 Å². The fourth-order valence-electron chi connectivity index (χ4n) is 0. The summed E-state index contributed by atoms with van der Waals surface area (Å²) in [5, 5.41) is 0. The summed E-state index contributed by atoms with van der Waals surface area (Å²) in [6, 6.07) is 0. The molecule has 1 radical (unpaired) electrons. The minimum Gasteiger partial charge on any atom is -2.00 e. The number of hydrogen-bond donors (Lipinski definition) is 0. The maximum absolute atomic E-state index is 10.7. The quantitative estimate of drug-likeness (QED) is 0.335. The molecule has 0 saturated carbocycles. The number of hydrogen-bond acceptors (Lipinski definition) is 6. The van der Waals surface area contributed by atoms with E-state index >= 15 is 0 Å². The Morgan fingerprint density at radius 1 is 0.667 bits per heavy atom. The topological polar surface area (TPSA) is 143 Å². The molecule has 0 saturated heterocycles. The Bertz CT molecular complexity index is 376. The summed E-state index contributed by atoms with van der Waals surface area (Å²) in [5.74, 6) is 0. The van der Waals surface area contributed by atoms with Crippen LogP contribution in [-0.4, -0.2) is 37.0 Å². The third-order valence-corrected chi connectivity index (χ3v) is 1.70. The summed E-state index contributed by atoms with van der Waals surface area (Å²) in [5.41, 5.74) is -11.3. The van der Waals surface area contributed by atoms with Crippen molar-refractivity contribution in [2.45, 2.75) is 11.0 Å². The minimum atomic E-state index is -6.09. The monoisotopic (exact) mass is 365 g/mol. The van der Waals surface area contributed by atoms with E-state index in [9.17, 15) is 26.3 Å². The number of alkyl halides is 6. The normalized spacial score (nSPS) is 12.4. The molecule has 0 aliphatic rings. The molecule has 0 aromatic rings. The predicted octanol–water partition coefficient (Wildman–Crippen LogP) is -0.0185. The second-order valence-corrected chi connectivity index (χ2v) is 4.54. The van der Waals surface area contributed by atoms with Gasteiger partial charge in [-0.05, 0) is 0 Å². The SMILES string of the molecule is O=S(=O)([O-])C(F)(F)F.O=S(=O)([O-])C(F)(F)F.[O-2].[V+4]. The van der Waals surface area contributed by atoms with Crippen LogP contribution in [0.5, 0.6) is 0 Å². The molecule has 0 atom stereocenters. The zero-order valence-electron chi connectivity index (χ0n) is 7.39. The molecule has 0 rings (SSSR count). The minimum absolute atomic E-state index is 0. The van der Waals surface area contributed by atoms with Gasteiger partial charge in [0.05, 0.1) is 0 Å². The molecule has 0 unspecified atom stereocenters. The molecule has 109 valence electrons. The molecule has 0 aliphatic carbocycles. The Morgan fingerprint density at radius 3 is 0.722 bits per heavy atom. The molecule has 7 nitrogen and oxygen atoms in total. The largest absolute Gasteiger partial charge is 4.00 e. The first kappa shape index (κ1) is 26.5. The first-order valence-corrected chi connectivity index (χ1v) is 5.36. The van der Waals surface area contributed by atoms with Crippen molar-refractivity contribution in [3.63, 3.8) is 0 Å². The van der Waals surface area contributed by atoms with Crippen LogP contribution in [0.2, 0.25) is 0 Å². The molecule has 0 N–H and O–H groups in total. The summed E-state index contributed by atoms with van der Waals surface area (Å²) in [4.78, 5) is 0. The fraction of sp³-hybridized carbons (Fsp3) is 1.00. The van der Waals surface area contributed by atoms with Gasteiger partial charge in [0.25, 0.3) is 0 Å². The van der Waals surface area contributed by atoms with E-state index in [1.807, 2.05) is 0 Å². The zero-order chi connectivity index (χ0) is 14.0. The zero-order valence-corrected chi connectivity index (χ0v) is 10.4. The summed E-state index contributed by atoms with van der Waals surface area (Å²) in [6.45, 7) is 0. The molecule has 0 fully saturated rings. The molecule has 0 aliphatic heterocycles. The molecule has 0 amide bonds. The van der Waals surface area contributed by atoms with Crippen LogP contribution in [0.3, 0.4) is 0 Å². The van der Waals surface area contributed by atoms with Crippen LogP contribution in [0, 0.1) is 0 Å². The van der Waals surface area contributed by atoms with Gasteiger partial charge in [-0.1, -0.05) is 0 Å². The van der Waals surface area contributed by atoms with E-state index in [0.717, 1.165) is 0 Å². The first-order chi connectivity index (χ1) is 6.50. The van der Waals surface area contributed by atoms with Gasteiger partial charge in [0.15, 0.2) is 20.2 Å². The van der Waals surface area contributed by atoms with Gasteiger partial charge in [0.1, 0.15) is 0 Å². The molecule has 0 spiro atoms. The van der Waals surface area contributed by atoms with E-state index in [-0.39, 0.29) is 24.0 Å². The van der Waals surface area contributed by atoms with E-state index in [1.165, 1.54) is 0 Å². The van der Waals surface area contributed by atoms with Crippen molar-refractivity contribution in [2.75, 3.05) is 0 Å². The van der Waals surface area contributed by atoms with Gasteiger partial charge in [-0.2, -0.15) is 26.3 Å². The van der Waals surface area contributed by atoms with Gasteiger partial charge in [0.2, 0.25) is 0 Å². The number of rotatable bonds is 0. The van der Waals surface area contributed by atoms with Crippen LogP contribution in [0.1, 0.15) is 0 Å². The maximum Gasteiger partial charge on any atom is 4.00 e. The van der Waals surface area contributed by atoms with Crippen LogP contribution < -0.4 is 0 Å². The van der Waals surface area contributed by atoms with Gasteiger partial charge in [-0.25, -0.2) is 16.8 Å². The van der Waals surface area contributed by atoms with Crippen molar-refractivity contribution in [2.24, 2.45) is 0 Å². The Hall–Kier alpha value is -0.0556. The van der Waals surface area contributed by atoms with Gasteiger partial charge >= 0.3 is 29.6 Å². The second kappa shape index (κ2) is 7.51. The molecular weight excluding hydrogens is 365 g/mol. The van der Waals surface area contributed by atoms with E-state index in [2.05, 4.69) is 0 Å². The van der Waals surface area contributed by atoms with Crippen LogP contribution in [0.4, 0.5) is 26.3 Å². The summed E-state index contributed by atoms with van der Waals surface area (Å²) in [6.07, 6.45) is 0. The first-order valence-electron chi connectivity index (χ1n) is 2.54. The van der Waals surface area contributed by atoms with Crippen molar-refractivity contribution in [1.29, 1.82) is 0 Å². The number of halogens is 6. The van der Waals surface area contributed by atoms with Crippen molar-refractivity contribution < 1.29 is 76.3 Å². The van der Waals surface area contributed by atoms with Crippen molar-refractivity contribution >= 4 is 20.2 Å². The summed E-state index contributed by atoms with van der Waals surface area (Å²) >= 11 is 0. The van der Waals surface area contributed by atoms with Crippen LogP contribution >= 0.6 is 0 Å². The smallest absolute Gasteiger partial charge is 2.00 e. The standard InChI is InChI=1S/2CHF3O3S.O.V/c2*2-1(3,4)8(5,6)7;;/h2*(H,5,6,7);;/q;;-2;+4/p-2. The van der Waals surface area contributed by atoms with Crippen LogP contribution in [0.25, 0.3) is 0 Å². The van der Waals surface area contributed by atoms with E-state index in [1.54, 1.807) is 0 Å². The van der Waals surface area contributed by atoms with Gasteiger partial charge in [-0.3, -0.25) is 0 Å². The molecular formula is C2F6O7S2V. The van der Waals surface area contributed by atoms with E-state index in [4.69, 9.17) is 25.9 Å². The molecule has 18 heavy (non-hydrogen) atoms. The average molecular weight is 365 g/mol. The summed E-state index contributed by atoms with van der Waals surface area (Å²) < 4.78 is 118. The van der Waals surface area contributed by atoms with Crippen molar-refractivity contribution in [1.82, 2.24) is 0 Å². The van der Waals surface area contributed by atoms with Crippen LogP contribution in [-0.2, 0) is 44.3 Å². The molecule has 0 bridgehead atoms. The third kappa shape index (κ3) is 11.1. The average Bonchev–Trinajstić information content (AvgIpc) is 1.77. The fourth-order valence-corrected chi connectivity index (χ4v) is 0. The van der Waals surface area contributed by atoms with Crippen molar-refractivity contribution in [3.05, 3.63) is 0 Å². The third-order valence-electron chi connectivity index (χ3n) is 0.567. The Morgan fingerprint density at radius 2 is 0.722 bits per heavy atom.